The normalized spacial score (nSPS) is 24.0. The van der Waals surface area contributed by atoms with Gasteiger partial charge in [0, 0.05) is 7.05 Å². The van der Waals surface area contributed by atoms with Gasteiger partial charge in [-0.3, -0.25) is 15.1 Å². The van der Waals surface area contributed by atoms with Crippen molar-refractivity contribution in [2.45, 2.75) is 12.5 Å². The number of aliphatic imine (C=N–C) groups is 1. The molecular formula is C13H17N3O3. The standard InChI is InChI=1S/C13H17N3O3/c1-13(11(17)15-12(14-2)16-13)8-5-6-9(18-3)10(7-8)19-4/h5-7H,1-4H3,(H2,14,15,16,17). The van der Waals surface area contributed by atoms with Crippen LogP contribution in [-0.2, 0) is 10.3 Å². The lowest BCUT2D eigenvalue weighted by Crippen LogP contribution is -2.40. The average molecular weight is 263 g/mol. The zero-order valence-corrected chi connectivity index (χ0v) is 11.4. The third kappa shape index (κ3) is 2.09. The number of amides is 1. The van der Waals surface area contributed by atoms with E-state index in [1.165, 1.54) is 0 Å². The van der Waals surface area contributed by atoms with Gasteiger partial charge in [0.05, 0.1) is 14.2 Å². The number of carbonyl (C=O) groups is 1. The fourth-order valence-electron chi connectivity index (χ4n) is 2.02. The number of nitrogens with zero attached hydrogens (tertiary/aromatic N) is 1. The number of nitrogens with one attached hydrogen (secondary N) is 2. The van der Waals surface area contributed by atoms with Crippen molar-refractivity contribution in [3.8, 4) is 11.5 Å². The van der Waals surface area contributed by atoms with E-state index in [4.69, 9.17) is 9.47 Å². The van der Waals surface area contributed by atoms with Crippen LogP contribution in [0.15, 0.2) is 23.2 Å². The van der Waals surface area contributed by atoms with Gasteiger partial charge in [0.25, 0.3) is 5.91 Å². The van der Waals surface area contributed by atoms with Gasteiger partial charge >= 0.3 is 0 Å². The van der Waals surface area contributed by atoms with E-state index in [9.17, 15) is 4.79 Å². The average Bonchev–Trinajstić information content (AvgIpc) is 2.74. The van der Waals surface area contributed by atoms with Gasteiger partial charge in [-0.25, -0.2) is 0 Å². The van der Waals surface area contributed by atoms with Gasteiger partial charge in [0.2, 0.25) is 0 Å². The predicted molar refractivity (Wildman–Crippen MR) is 71.5 cm³/mol. The Morgan fingerprint density at radius 3 is 2.42 bits per heavy atom. The topological polar surface area (TPSA) is 72.0 Å². The summed E-state index contributed by atoms with van der Waals surface area (Å²) < 4.78 is 10.4. The number of hydrogen-bond donors (Lipinski definition) is 2. The third-order valence-corrected chi connectivity index (χ3v) is 3.24. The Hall–Kier alpha value is -2.24. The molecule has 0 radical (unpaired) electrons. The summed E-state index contributed by atoms with van der Waals surface area (Å²) in [6.07, 6.45) is 0. The monoisotopic (exact) mass is 263 g/mol. The Balaban J connectivity index is 2.44. The summed E-state index contributed by atoms with van der Waals surface area (Å²) >= 11 is 0. The largest absolute Gasteiger partial charge is 0.493 e. The highest BCUT2D eigenvalue weighted by Crippen LogP contribution is 2.33. The lowest BCUT2D eigenvalue weighted by molar-refractivity contribution is -0.123. The molecule has 1 fully saturated rings. The molecule has 1 saturated heterocycles. The van der Waals surface area contributed by atoms with E-state index in [1.807, 2.05) is 6.07 Å². The number of hydrogen-bond acceptors (Lipinski definition) is 4. The molecule has 1 aliphatic rings. The van der Waals surface area contributed by atoms with Crippen molar-refractivity contribution >= 4 is 11.9 Å². The Morgan fingerprint density at radius 1 is 1.21 bits per heavy atom. The van der Waals surface area contributed by atoms with Gasteiger partial charge in [0.1, 0.15) is 5.54 Å². The molecule has 1 aromatic carbocycles. The van der Waals surface area contributed by atoms with Crippen LogP contribution in [0.3, 0.4) is 0 Å². The second kappa shape index (κ2) is 4.79. The zero-order chi connectivity index (χ0) is 14.0. The number of rotatable bonds is 3. The number of guanidine groups is 1. The SMILES string of the molecule is CN=C1NC(=O)C(C)(c2ccc(OC)c(OC)c2)N1. The summed E-state index contributed by atoms with van der Waals surface area (Å²) in [5.74, 6) is 1.51. The molecule has 0 spiro atoms. The minimum Gasteiger partial charge on any atom is -0.493 e. The second-order valence-electron chi connectivity index (χ2n) is 4.35. The fourth-order valence-corrected chi connectivity index (χ4v) is 2.02. The van der Waals surface area contributed by atoms with Crippen molar-refractivity contribution in [2.24, 2.45) is 4.99 Å². The first kappa shape index (κ1) is 13.2. The van der Waals surface area contributed by atoms with Crippen LogP contribution in [0.2, 0.25) is 0 Å². The van der Waals surface area contributed by atoms with E-state index in [1.54, 1.807) is 40.3 Å². The number of ether oxygens (including phenoxy) is 2. The molecule has 1 unspecified atom stereocenters. The summed E-state index contributed by atoms with van der Waals surface area (Å²) in [6, 6.07) is 5.38. The van der Waals surface area contributed by atoms with E-state index in [2.05, 4.69) is 15.6 Å². The van der Waals surface area contributed by atoms with Crippen LogP contribution in [0, 0.1) is 0 Å². The second-order valence-corrected chi connectivity index (χ2v) is 4.35. The van der Waals surface area contributed by atoms with Crippen molar-refractivity contribution in [1.29, 1.82) is 0 Å². The van der Waals surface area contributed by atoms with Gasteiger partial charge in [-0.15, -0.1) is 0 Å². The number of carbonyl (C=O) groups excluding carboxylic acids is 1. The smallest absolute Gasteiger partial charge is 0.256 e. The molecule has 102 valence electrons. The molecule has 1 atom stereocenters. The van der Waals surface area contributed by atoms with Crippen LogP contribution in [0.4, 0.5) is 0 Å². The first-order chi connectivity index (χ1) is 9.05. The maximum Gasteiger partial charge on any atom is 0.256 e. The van der Waals surface area contributed by atoms with Crippen LogP contribution >= 0.6 is 0 Å². The van der Waals surface area contributed by atoms with Gasteiger partial charge in [0.15, 0.2) is 17.5 Å². The van der Waals surface area contributed by atoms with Crippen LogP contribution in [0.5, 0.6) is 11.5 Å². The first-order valence-electron chi connectivity index (χ1n) is 5.84. The van der Waals surface area contributed by atoms with Crippen LogP contribution in [0.25, 0.3) is 0 Å². The molecule has 6 nitrogen and oxygen atoms in total. The maximum atomic E-state index is 12.1. The maximum absolute atomic E-state index is 12.1. The van der Waals surface area contributed by atoms with E-state index in [0.29, 0.717) is 17.5 Å². The summed E-state index contributed by atoms with van der Waals surface area (Å²) in [5.41, 5.74) is -0.0877. The highest BCUT2D eigenvalue weighted by Gasteiger charge is 2.42. The third-order valence-electron chi connectivity index (χ3n) is 3.24. The Bertz CT molecular complexity index is 542. The number of methoxy groups -OCH3 is 2. The molecule has 19 heavy (non-hydrogen) atoms. The highest BCUT2D eigenvalue weighted by atomic mass is 16.5. The molecule has 1 aromatic rings. The first-order valence-corrected chi connectivity index (χ1v) is 5.84. The molecule has 0 aliphatic carbocycles. The van der Waals surface area contributed by atoms with Crippen molar-refractivity contribution in [2.75, 3.05) is 21.3 Å². The Labute approximate surface area is 111 Å². The van der Waals surface area contributed by atoms with E-state index in [-0.39, 0.29) is 5.91 Å². The molecule has 2 N–H and O–H groups in total. The highest BCUT2D eigenvalue weighted by molar-refractivity contribution is 6.09. The molecule has 0 saturated carbocycles. The Morgan fingerprint density at radius 2 is 1.89 bits per heavy atom. The van der Waals surface area contributed by atoms with Crippen molar-refractivity contribution in [1.82, 2.24) is 10.6 Å². The lowest BCUT2D eigenvalue weighted by Gasteiger charge is -2.22. The quantitative estimate of drug-likeness (QED) is 0.838. The van der Waals surface area contributed by atoms with E-state index in [0.717, 1.165) is 5.56 Å². The molecule has 0 bridgehead atoms. The van der Waals surface area contributed by atoms with E-state index < -0.39 is 5.54 Å². The minimum absolute atomic E-state index is 0.152. The van der Waals surface area contributed by atoms with Gasteiger partial charge < -0.3 is 14.8 Å². The summed E-state index contributed by atoms with van der Waals surface area (Å²) in [4.78, 5) is 16.0. The van der Waals surface area contributed by atoms with Crippen LogP contribution < -0.4 is 20.1 Å². The molecule has 0 aromatic heterocycles. The van der Waals surface area contributed by atoms with Gasteiger partial charge in [-0.05, 0) is 24.6 Å². The van der Waals surface area contributed by atoms with Gasteiger partial charge in [-0.2, -0.15) is 0 Å². The predicted octanol–water partition coefficient (Wildman–Crippen LogP) is 0.624. The molecule has 1 heterocycles. The summed E-state index contributed by atoms with van der Waals surface area (Å²) in [5, 5.41) is 5.75. The van der Waals surface area contributed by atoms with Crippen LogP contribution in [-0.4, -0.2) is 33.1 Å². The molecule has 1 aliphatic heterocycles. The Kier molecular flexibility index (Phi) is 3.33. The molecule has 1 amide bonds. The summed E-state index contributed by atoms with van der Waals surface area (Å²) in [7, 11) is 4.75. The number of benzene rings is 1. The molecule has 2 rings (SSSR count). The van der Waals surface area contributed by atoms with Crippen molar-refractivity contribution in [3.63, 3.8) is 0 Å². The van der Waals surface area contributed by atoms with Crippen molar-refractivity contribution < 1.29 is 14.3 Å². The lowest BCUT2D eigenvalue weighted by atomic mass is 9.92. The van der Waals surface area contributed by atoms with Crippen molar-refractivity contribution in [3.05, 3.63) is 23.8 Å². The molecule has 6 heteroatoms. The molecular weight excluding hydrogens is 246 g/mol. The fraction of sp³-hybridized carbons (Fsp3) is 0.385. The summed E-state index contributed by atoms with van der Waals surface area (Å²) in [6.45, 7) is 1.79. The van der Waals surface area contributed by atoms with Gasteiger partial charge in [-0.1, -0.05) is 6.07 Å². The van der Waals surface area contributed by atoms with Crippen LogP contribution in [0.1, 0.15) is 12.5 Å². The van der Waals surface area contributed by atoms with E-state index >= 15 is 0 Å². The minimum atomic E-state index is -0.867. The zero-order valence-electron chi connectivity index (χ0n) is 11.4.